The van der Waals surface area contributed by atoms with Crippen molar-refractivity contribution < 1.29 is 0 Å². The van der Waals surface area contributed by atoms with Crippen LogP contribution in [0.15, 0.2) is 66.9 Å². The van der Waals surface area contributed by atoms with E-state index in [1.54, 1.807) is 0 Å². The Labute approximate surface area is 141 Å². The number of hydrogen-bond acceptors (Lipinski definition) is 3. The summed E-state index contributed by atoms with van der Waals surface area (Å²) >= 11 is 0. The molecule has 118 valence electrons. The van der Waals surface area contributed by atoms with Crippen molar-refractivity contribution in [1.82, 2.24) is 9.97 Å². The number of hydrogen-bond donors (Lipinski definition) is 1. The molecule has 0 amide bonds. The fourth-order valence-electron chi connectivity index (χ4n) is 3.18. The first-order valence-corrected chi connectivity index (χ1v) is 8.28. The SMILES string of the molecule is Nc1nc2ccccc2c2cc(CCCc3ccccc3)cnc12. The highest BCUT2D eigenvalue weighted by Crippen LogP contribution is 2.27. The molecule has 0 saturated carbocycles. The molecule has 0 radical (unpaired) electrons. The number of aromatic nitrogens is 2. The molecule has 2 aromatic heterocycles. The van der Waals surface area contributed by atoms with Crippen LogP contribution in [-0.4, -0.2) is 9.97 Å². The van der Waals surface area contributed by atoms with Crippen LogP contribution in [0, 0.1) is 0 Å². The standard InChI is InChI=1S/C21H19N3/c22-21-20-18(17-11-4-5-12-19(17)24-21)13-16(14-23-20)10-6-9-15-7-2-1-3-8-15/h1-5,7-8,11-14H,6,9-10H2,(H2,22,24). The summed E-state index contributed by atoms with van der Waals surface area (Å²) in [6, 6.07) is 20.9. The zero-order valence-corrected chi connectivity index (χ0v) is 13.4. The first-order valence-electron chi connectivity index (χ1n) is 8.28. The average Bonchev–Trinajstić information content (AvgIpc) is 2.63. The maximum absolute atomic E-state index is 6.07. The predicted octanol–water partition coefficient (Wildman–Crippen LogP) is 4.54. The lowest BCUT2D eigenvalue weighted by Gasteiger charge is -2.08. The Morgan fingerprint density at radius 3 is 2.42 bits per heavy atom. The number of nitrogens with two attached hydrogens (primary N) is 1. The number of rotatable bonds is 4. The molecule has 2 N–H and O–H groups in total. The van der Waals surface area contributed by atoms with E-state index in [0.717, 1.165) is 41.1 Å². The van der Waals surface area contributed by atoms with Crippen LogP contribution >= 0.6 is 0 Å². The predicted molar refractivity (Wildman–Crippen MR) is 99.9 cm³/mol. The van der Waals surface area contributed by atoms with Gasteiger partial charge in [-0.3, -0.25) is 4.98 Å². The number of pyridine rings is 2. The maximum atomic E-state index is 6.07. The van der Waals surface area contributed by atoms with Gasteiger partial charge in [0.2, 0.25) is 0 Å². The molecule has 0 fully saturated rings. The van der Waals surface area contributed by atoms with Crippen LogP contribution in [0.4, 0.5) is 5.82 Å². The van der Waals surface area contributed by atoms with Crippen LogP contribution in [0.5, 0.6) is 0 Å². The lowest BCUT2D eigenvalue weighted by Crippen LogP contribution is -1.97. The van der Waals surface area contributed by atoms with Gasteiger partial charge in [0, 0.05) is 17.0 Å². The van der Waals surface area contributed by atoms with Gasteiger partial charge >= 0.3 is 0 Å². The summed E-state index contributed by atoms with van der Waals surface area (Å²) < 4.78 is 0. The van der Waals surface area contributed by atoms with Crippen LogP contribution < -0.4 is 5.73 Å². The lowest BCUT2D eigenvalue weighted by molar-refractivity contribution is 0.819. The van der Waals surface area contributed by atoms with Gasteiger partial charge in [-0.25, -0.2) is 4.98 Å². The van der Waals surface area contributed by atoms with E-state index in [1.165, 1.54) is 11.1 Å². The van der Waals surface area contributed by atoms with E-state index in [2.05, 4.69) is 52.4 Å². The smallest absolute Gasteiger partial charge is 0.150 e. The van der Waals surface area contributed by atoms with Crippen LogP contribution in [0.3, 0.4) is 0 Å². The van der Waals surface area contributed by atoms with Crippen LogP contribution in [0.1, 0.15) is 17.5 Å². The molecule has 0 aliphatic heterocycles. The normalized spacial score (nSPS) is 11.2. The molecule has 2 heterocycles. The quantitative estimate of drug-likeness (QED) is 0.563. The Bertz CT molecular complexity index is 994. The van der Waals surface area contributed by atoms with E-state index < -0.39 is 0 Å². The largest absolute Gasteiger partial charge is 0.382 e. The fraction of sp³-hybridized carbons (Fsp3) is 0.143. The maximum Gasteiger partial charge on any atom is 0.150 e. The number of fused-ring (bicyclic) bond motifs is 3. The minimum Gasteiger partial charge on any atom is -0.382 e. The molecular formula is C21H19N3. The number of benzene rings is 2. The fourth-order valence-corrected chi connectivity index (χ4v) is 3.18. The Morgan fingerprint density at radius 2 is 1.54 bits per heavy atom. The van der Waals surface area contributed by atoms with Gasteiger partial charge in [0.25, 0.3) is 0 Å². The van der Waals surface area contributed by atoms with E-state index in [0.29, 0.717) is 5.82 Å². The molecule has 0 atom stereocenters. The number of nitrogen functional groups attached to an aromatic ring is 1. The number of anilines is 1. The average molecular weight is 313 g/mol. The molecule has 0 spiro atoms. The summed E-state index contributed by atoms with van der Waals surface area (Å²) in [4.78, 5) is 9.02. The molecule has 24 heavy (non-hydrogen) atoms. The molecule has 0 bridgehead atoms. The second kappa shape index (κ2) is 6.28. The van der Waals surface area contributed by atoms with Crippen LogP contribution in [0.2, 0.25) is 0 Å². The molecule has 2 aromatic carbocycles. The summed E-state index contributed by atoms with van der Waals surface area (Å²) in [6.07, 6.45) is 5.13. The number of nitrogens with zero attached hydrogens (tertiary/aromatic N) is 2. The van der Waals surface area contributed by atoms with Gasteiger partial charge in [0.05, 0.1) is 5.52 Å². The van der Waals surface area contributed by atoms with Gasteiger partial charge in [-0.1, -0.05) is 48.5 Å². The van der Waals surface area contributed by atoms with E-state index in [9.17, 15) is 0 Å². The van der Waals surface area contributed by atoms with Crippen LogP contribution in [0.25, 0.3) is 21.8 Å². The third-order valence-electron chi connectivity index (χ3n) is 4.40. The molecular weight excluding hydrogens is 294 g/mol. The number of aryl methyl sites for hydroxylation is 2. The van der Waals surface area contributed by atoms with Gasteiger partial charge in [-0.2, -0.15) is 0 Å². The molecule has 0 unspecified atom stereocenters. The zero-order chi connectivity index (χ0) is 16.4. The Kier molecular flexibility index (Phi) is 3.83. The van der Waals surface area contributed by atoms with Crippen molar-refractivity contribution in [2.24, 2.45) is 0 Å². The van der Waals surface area contributed by atoms with E-state index in [-0.39, 0.29) is 0 Å². The highest BCUT2D eigenvalue weighted by atomic mass is 14.9. The molecule has 0 aliphatic rings. The third-order valence-corrected chi connectivity index (χ3v) is 4.40. The van der Waals surface area contributed by atoms with Crippen molar-refractivity contribution in [2.75, 3.05) is 5.73 Å². The molecule has 3 heteroatoms. The van der Waals surface area contributed by atoms with Gasteiger partial charge in [0.15, 0.2) is 5.82 Å². The highest BCUT2D eigenvalue weighted by molar-refractivity contribution is 6.08. The summed E-state index contributed by atoms with van der Waals surface area (Å²) in [5.74, 6) is 0.500. The van der Waals surface area contributed by atoms with Crippen molar-refractivity contribution >= 4 is 27.6 Å². The van der Waals surface area contributed by atoms with Crippen molar-refractivity contribution in [3.63, 3.8) is 0 Å². The summed E-state index contributed by atoms with van der Waals surface area (Å²) in [7, 11) is 0. The van der Waals surface area contributed by atoms with E-state index in [1.807, 2.05) is 24.4 Å². The Morgan fingerprint density at radius 1 is 0.792 bits per heavy atom. The molecule has 4 rings (SSSR count). The van der Waals surface area contributed by atoms with E-state index >= 15 is 0 Å². The van der Waals surface area contributed by atoms with Gasteiger partial charge in [0.1, 0.15) is 5.52 Å². The van der Waals surface area contributed by atoms with Gasteiger partial charge < -0.3 is 5.73 Å². The van der Waals surface area contributed by atoms with E-state index in [4.69, 9.17) is 5.73 Å². The Hall–Kier alpha value is -2.94. The summed E-state index contributed by atoms with van der Waals surface area (Å²) in [5.41, 5.74) is 10.4. The number of para-hydroxylation sites is 1. The minimum absolute atomic E-state index is 0.500. The van der Waals surface area contributed by atoms with Gasteiger partial charge in [-0.15, -0.1) is 0 Å². The van der Waals surface area contributed by atoms with Crippen molar-refractivity contribution in [2.45, 2.75) is 19.3 Å². The monoisotopic (exact) mass is 313 g/mol. The Balaban J connectivity index is 1.64. The molecule has 3 nitrogen and oxygen atoms in total. The second-order valence-corrected chi connectivity index (χ2v) is 6.09. The highest BCUT2D eigenvalue weighted by Gasteiger charge is 2.08. The summed E-state index contributed by atoms with van der Waals surface area (Å²) in [6.45, 7) is 0. The molecule has 0 saturated heterocycles. The van der Waals surface area contributed by atoms with Crippen LogP contribution in [-0.2, 0) is 12.8 Å². The zero-order valence-electron chi connectivity index (χ0n) is 13.4. The minimum atomic E-state index is 0.500. The first kappa shape index (κ1) is 14.6. The lowest BCUT2D eigenvalue weighted by atomic mass is 10.0. The van der Waals surface area contributed by atoms with Crippen molar-refractivity contribution in [3.8, 4) is 0 Å². The molecule has 0 aliphatic carbocycles. The molecule has 4 aromatic rings. The van der Waals surface area contributed by atoms with Gasteiger partial charge in [-0.05, 0) is 42.5 Å². The summed E-state index contributed by atoms with van der Waals surface area (Å²) in [5, 5.41) is 2.20. The third kappa shape index (κ3) is 2.81. The van der Waals surface area contributed by atoms with Crippen molar-refractivity contribution in [1.29, 1.82) is 0 Å². The first-order chi connectivity index (χ1) is 11.8. The second-order valence-electron chi connectivity index (χ2n) is 6.09. The topological polar surface area (TPSA) is 51.8 Å². The van der Waals surface area contributed by atoms with Crippen molar-refractivity contribution in [3.05, 3.63) is 78.0 Å².